The summed E-state index contributed by atoms with van der Waals surface area (Å²) in [7, 11) is 0. The minimum Gasteiger partial charge on any atom is -0.342 e. The van der Waals surface area contributed by atoms with Crippen LogP contribution in [0.3, 0.4) is 0 Å². The average molecular weight is 529 g/mol. The van der Waals surface area contributed by atoms with Crippen molar-refractivity contribution in [2.75, 3.05) is 13.1 Å². The molecule has 1 aromatic carbocycles. The summed E-state index contributed by atoms with van der Waals surface area (Å²) in [5, 5.41) is 2.36. The third kappa shape index (κ3) is 4.00. The molecule has 6 fully saturated rings. The van der Waals surface area contributed by atoms with E-state index in [1.807, 2.05) is 12.1 Å². The molecular formula is C31H36N4O4. The molecule has 39 heavy (non-hydrogen) atoms. The number of nitrogens with one attached hydrogen (secondary N) is 1. The molecule has 8 heteroatoms. The zero-order valence-electron chi connectivity index (χ0n) is 22.4. The minimum atomic E-state index is -0.623. The Balaban J connectivity index is 0.999. The fourth-order valence-corrected chi connectivity index (χ4v) is 8.00. The largest absolute Gasteiger partial charge is 0.342 e. The molecule has 0 radical (unpaired) electrons. The van der Waals surface area contributed by atoms with Gasteiger partial charge in [0.25, 0.3) is 5.91 Å². The van der Waals surface area contributed by atoms with Gasteiger partial charge in [0.05, 0.1) is 0 Å². The molecule has 4 amide bonds. The molecule has 0 aromatic heterocycles. The molecule has 1 unspecified atom stereocenters. The Hall–Kier alpha value is -3.18. The number of nitrogens with two attached hydrogens (primary N) is 1. The van der Waals surface area contributed by atoms with Crippen molar-refractivity contribution in [1.82, 2.24) is 15.1 Å². The topological polar surface area (TPSA) is 113 Å². The quantitative estimate of drug-likeness (QED) is 0.452. The Bertz CT molecular complexity index is 1320. The monoisotopic (exact) mass is 528 g/mol. The summed E-state index contributed by atoms with van der Waals surface area (Å²) < 4.78 is 0. The number of nitrogens with zero attached hydrogens (tertiary/aromatic N) is 2. The van der Waals surface area contributed by atoms with Crippen molar-refractivity contribution in [1.29, 1.82) is 0 Å². The van der Waals surface area contributed by atoms with Gasteiger partial charge in [-0.05, 0) is 87.3 Å². The lowest BCUT2D eigenvalue weighted by Gasteiger charge is -2.52. The van der Waals surface area contributed by atoms with Crippen LogP contribution in [0.2, 0.25) is 0 Å². The molecule has 2 atom stereocenters. The number of rotatable bonds is 2. The molecule has 3 aliphatic heterocycles. The molecule has 204 valence electrons. The first-order chi connectivity index (χ1) is 18.7. The lowest BCUT2D eigenvalue weighted by molar-refractivity contribution is -0.150. The van der Waals surface area contributed by atoms with Gasteiger partial charge in [-0.1, -0.05) is 17.9 Å². The molecule has 2 saturated heterocycles. The third-order valence-electron chi connectivity index (χ3n) is 11.0. The van der Waals surface area contributed by atoms with E-state index < -0.39 is 11.9 Å². The number of imide groups is 1. The smallest absolute Gasteiger partial charge is 0.255 e. The minimum absolute atomic E-state index is 0.0245. The van der Waals surface area contributed by atoms with Gasteiger partial charge in [-0.15, -0.1) is 0 Å². The van der Waals surface area contributed by atoms with E-state index in [-0.39, 0.29) is 34.6 Å². The van der Waals surface area contributed by atoms with Gasteiger partial charge in [0.15, 0.2) is 0 Å². The van der Waals surface area contributed by atoms with Crippen LogP contribution in [0, 0.1) is 28.6 Å². The zero-order valence-corrected chi connectivity index (χ0v) is 22.4. The van der Waals surface area contributed by atoms with Crippen molar-refractivity contribution in [3.63, 3.8) is 0 Å². The number of carbonyl (C=O) groups excluding carboxylic acids is 4. The number of hydrogen-bond acceptors (Lipinski definition) is 5. The Morgan fingerprint density at radius 3 is 2.41 bits per heavy atom. The molecule has 1 spiro atoms. The van der Waals surface area contributed by atoms with Crippen molar-refractivity contribution in [3.8, 4) is 11.8 Å². The van der Waals surface area contributed by atoms with E-state index in [4.69, 9.17) is 5.73 Å². The molecule has 8 nitrogen and oxygen atoms in total. The predicted octanol–water partition coefficient (Wildman–Crippen LogP) is 2.48. The number of hydrogen-bond donors (Lipinski definition) is 2. The molecule has 1 aromatic rings. The summed E-state index contributed by atoms with van der Waals surface area (Å²) >= 11 is 0. The molecule has 4 saturated carbocycles. The molecule has 3 heterocycles. The SMILES string of the molecule is NC12CCC(C(=O)N3CCC4(CC3)C[C@@H]4C#Cc3cccc4c3CN(C3CCC(=O)NC3=O)C4=O)(CC1)CC2. The normalized spacial score (nSPS) is 34.4. The van der Waals surface area contributed by atoms with Gasteiger partial charge in [0.1, 0.15) is 6.04 Å². The second kappa shape index (κ2) is 8.66. The van der Waals surface area contributed by atoms with E-state index in [0.29, 0.717) is 30.4 Å². The Morgan fingerprint density at radius 2 is 1.72 bits per heavy atom. The number of amides is 4. The molecule has 7 aliphatic rings. The van der Waals surface area contributed by atoms with E-state index in [1.165, 1.54) is 0 Å². The van der Waals surface area contributed by atoms with Gasteiger partial charge in [-0.25, -0.2) is 0 Å². The van der Waals surface area contributed by atoms with E-state index in [0.717, 1.165) is 82.0 Å². The second-order valence-electron chi connectivity index (χ2n) is 13.1. The first kappa shape index (κ1) is 24.8. The van der Waals surface area contributed by atoms with E-state index >= 15 is 0 Å². The Labute approximate surface area is 229 Å². The second-order valence-corrected chi connectivity index (χ2v) is 13.1. The van der Waals surface area contributed by atoms with Crippen molar-refractivity contribution in [2.45, 2.75) is 88.8 Å². The van der Waals surface area contributed by atoms with Crippen LogP contribution in [0.1, 0.15) is 92.1 Å². The van der Waals surface area contributed by atoms with Crippen molar-refractivity contribution in [3.05, 3.63) is 34.9 Å². The molecular weight excluding hydrogens is 492 g/mol. The zero-order chi connectivity index (χ0) is 27.0. The summed E-state index contributed by atoms with van der Waals surface area (Å²) in [6.07, 6.45) is 9.45. The lowest BCUT2D eigenvalue weighted by Crippen LogP contribution is -2.58. The Kier molecular flexibility index (Phi) is 5.51. The average Bonchev–Trinajstić information content (AvgIpc) is 3.50. The summed E-state index contributed by atoms with van der Waals surface area (Å²) in [6, 6.07) is 4.98. The summed E-state index contributed by atoms with van der Waals surface area (Å²) in [5.74, 6) is 6.70. The number of piperidine rings is 2. The van der Waals surface area contributed by atoms with Crippen LogP contribution >= 0.6 is 0 Å². The van der Waals surface area contributed by atoms with Gasteiger partial charge < -0.3 is 15.5 Å². The standard InChI is InChI=1S/C31H36N4O4/c32-31-11-8-29(9-12-31,10-13-31)28(39)34-16-14-30(15-17-34)18-21(30)5-4-20-2-1-3-22-23(20)19-35(27(22)38)24-6-7-25(36)33-26(24)37/h1-3,21,24H,6-19,32H2,(H,33,36,37)/t21-,24?,29?,31?/m0/s1. The van der Waals surface area contributed by atoms with Crippen LogP contribution in [0.15, 0.2) is 18.2 Å². The van der Waals surface area contributed by atoms with Gasteiger partial charge in [-0.3, -0.25) is 24.5 Å². The first-order valence-corrected chi connectivity index (χ1v) is 14.6. The van der Waals surface area contributed by atoms with E-state index in [1.54, 1.807) is 11.0 Å². The van der Waals surface area contributed by atoms with E-state index in [2.05, 4.69) is 22.1 Å². The summed E-state index contributed by atoms with van der Waals surface area (Å²) in [6.45, 7) is 1.98. The number of benzene rings is 1. The predicted molar refractivity (Wildman–Crippen MR) is 143 cm³/mol. The summed E-state index contributed by atoms with van der Waals surface area (Å²) in [4.78, 5) is 54.3. The van der Waals surface area contributed by atoms with Gasteiger partial charge >= 0.3 is 0 Å². The van der Waals surface area contributed by atoms with E-state index in [9.17, 15) is 19.2 Å². The van der Waals surface area contributed by atoms with Crippen molar-refractivity contribution >= 4 is 23.6 Å². The van der Waals surface area contributed by atoms with Crippen LogP contribution in [0.25, 0.3) is 0 Å². The fourth-order valence-electron chi connectivity index (χ4n) is 8.00. The van der Waals surface area contributed by atoms with Crippen LogP contribution in [-0.4, -0.2) is 58.1 Å². The maximum absolute atomic E-state index is 13.6. The van der Waals surface area contributed by atoms with Crippen LogP contribution in [0.5, 0.6) is 0 Å². The van der Waals surface area contributed by atoms with Gasteiger partial charge in [0.2, 0.25) is 17.7 Å². The number of carbonyl (C=O) groups is 4. The first-order valence-electron chi connectivity index (χ1n) is 14.6. The number of likely N-dealkylation sites (tertiary alicyclic amines) is 1. The maximum Gasteiger partial charge on any atom is 0.255 e. The third-order valence-corrected chi connectivity index (χ3v) is 11.0. The maximum atomic E-state index is 13.6. The van der Waals surface area contributed by atoms with Gasteiger partial charge in [-0.2, -0.15) is 0 Å². The highest BCUT2D eigenvalue weighted by Crippen LogP contribution is 2.60. The van der Waals surface area contributed by atoms with Crippen LogP contribution < -0.4 is 11.1 Å². The molecule has 4 aliphatic carbocycles. The highest BCUT2D eigenvalue weighted by atomic mass is 16.2. The summed E-state index contributed by atoms with van der Waals surface area (Å²) in [5.41, 5.74) is 8.80. The van der Waals surface area contributed by atoms with Crippen molar-refractivity contribution in [2.24, 2.45) is 22.5 Å². The fraction of sp³-hybridized carbons (Fsp3) is 0.613. The highest BCUT2D eigenvalue weighted by molar-refractivity contribution is 6.05. The highest BCUT2D eigenvalue weighted by Gasteiger charge is 2.57. The molecule has 8 rings (SSSR count). The Morgan fingerprint density at radius 1 is 1.00 bits per heavy atom. The van der Waals surface area contributed by atoms with Crippen molar-refractivity contribution < 1.29 is 19.2 Å². The number of fused-ring (bicyclic) bond motifs is 4. The van der Waals surface area contributed by atoms with Crippen LogP contribution in [0.4, 0.5) is 0 Å². The molecule has 2 bridgehead atoms. The lowest BCUT2D eigenvalue weighted by atomic mass is 9.57. The van der Waals surface area contributed by atoms with Gasteiger partial charge in [0, 0.05) is 54.1 Å². The van der Waals surface area contributed by atoms with Crippen LogP contribution in [-0.2, 0) is 20.9 Å². The molecule has 3 N–H and O–H groups in total.